The highest BCUT2D eigenvalue weighted by atomic mass is 32.1. The van der Waals surface area contributed by atoms with Crippen LogP contribution in [0.2, 0.25) is 0 Å². The van der Waals surface area contributed by atoms with Crippen molar-refractivity contribution in [1.29, 1.82) is 0 Å². The van der Waals surface area contributed by atoms with Crippen LogP contribution in [0.3, 0.4) is 0 Å². The molecule has 1 rings (SSSR count). The Labute approximate surface area is 102 Å². The van der Waals surface area contributed by atoms with Crippen molar-refractivity contribution in [3.05, 3.63) is 22.4 Å². The first-order valence-electron chi connectivity index (χ1n) is 5.66. The van der Waals surface area contributed by atoms with Gasteiger partial charge in [0.15, 0.2) is 0 Å². The highest BCUT2D eigenvalue weighted by molar-refractivity contribution is 7.09. The second-order valence-corrected chi connectivity index (χ2v) is 4.75. The topological polar surface area (TPSA) is 30.5 Å². The van der Waals surface area contributed by atoms with Gasteiger partial charge in [0, 0.05) is 25.1 Å². The van der Waals surface area contributed by atoms with Crippen molar-refractivity contribution in [1.82, 2.24) is 5.32 Å². The average molecular weight is 243 g/mol. The lowest BCUT2D eigenvalue weighted by molar-refractivity contribution is 0.0108. The van der Waals surface area contributed by atoms with Gasteiger partial charge in [-0.15, -0.1) is 11.3 Å². The van der Waals surface area contributed by atoms with Gasteiger partial charge >= 0.3 is 0 Å². The zero-order valence-corrected chi connectivity index (χ0v) is 10.9. The van der Waals surface area contributed by atoms with Crippen LogP contribution >= 0.6 is 11.3 Å². The van der Waals surface area contributed by atoms with Gasteiger partial charge in [0.1, 0.15) is 0 Å². The number of ether oxygens (including phenoxy) is 2. The molecule has 0 saturated carbocycles. The molecule has 0 amide bonds. The summed E-state index contributed by atoms with van der Waals surface area (Å²) in [6.45, 7) is 5.35. The maximum Gasteiger partial charge on any atom is 0.0780 e. The van der Waals surface area contributed by atoms with E-state index in [1.165, 1.54) is 4.88 Å². The number of rotatable bonds is 9. The Kier molecular flexibility index (Phi) is 7.42. The first-order chi connectivity index (χ1) is 7.83. The standard InChI is InChI=1S/C12H21NO2S/c1-11(10-14-2)15-8-7-13-6-5-12-4-3-9-16-12/h3-4,9,11,13H,5-8,10H2,1-2H3. The highest BCUT2D eigenvalue weighted by Crippen LogP contribution is 2.07. The SMILES string of the molecule is COCC(C)OCCNCCc1cccs1. The van der Waals surface area contributed by atoms with E-state index in [0.717, 1.165) is 26.1 Å². The lowest BCUT2D eigenvalue weighted by atomic mass is 10.3. The van der Waals surface area contributed by atoms with Crippen LogP contribution in [0, 0.1) is 0 Å². The number of nitrogens with one attached hydrogen (secondary N) is 1. The van der Waals surface area contributed by atoms with Crippen molar-refractivity contribution in [2.45, 2.75) is 19.4 Å². The average Bonchev–Trinajstić information content (AvgIpc) is 2.76. The molecule has 92 valence electrons. The third kappa shape index (κ3) is 6.23. The Morgan fingerprint density at radius 3 is 3.00 bits per heavy atom. The van der Waals surface area contributed by atoms with E-state index in [9.17, 15) is 0 Å². The molecule has 0 aromatic carbocycles. The summed E-state index contributed by atoms with van der Waals surface area (Å²) in [7, 11) is 1.69. The van der Waals surface area contributed by atoms with Crippen LogP contribution < -0.4 is 5.32 Å². The fourth-order valence-electron chi connectivity index (χ4n) is 1.41. The van der Waals surface area contributed by atoms with E-state index < -0.39 is 0 Å². The fourth-order valence-corrected chi connectivity index (χ4v) is 2.12. The van der Waals surface area contributed by atoms with Crippen LogP contribution in [0.4, 0.5) is 0 Å². The molecule has 16 heavy (non-hydrogen) atoms. The molecular weight excluding hydrogens is 222 g/mol. The molecule has 0 radical (unpaired) electrons. The maximum atomic E-state index is 5.53. The molecule has 1 aromatic heterocycles. The van der Waals surface area contributed by atoms with Crippen LogP contribution in [-0.4, -0.2) is 39.5 Å². The van der Waals surface area contributed by atoms with Gasteiger partial charge in [0.2, 0.25) is 0 Å². The van der Waals surface area contributed by atoms with Gasteiger partial charge in [-0.25, -0.2) is 0 Å². The summed E-state index contributed by atoms with van der Waals surface area (Å²) in [6, 6.07) is 4.26. The van der Waals surface area contributed by atoms with E-state index in [0.29, 0.717) is 6.61 Å². The van der Waals surface area contributed by atoms with Crippen molar-refractivity contribution < 1.29 is 9.47 Å². The molecule has 0 saturated heterocycles. The number of hydrogen-bond acceptors (Lipinski definition) is 4. The van der Waals surface area contributed by atoms with Crippen molar-refractivity contribution in [3.8, 4) is 0 Å². The van der Waals surface area contributed by atoms with E-state index in [4.69, 9.17) is 9.47 Å². The first kappa shape index (κ1) is 13.6. The summed E-state index contributed by atoms with van der Waals surface area (Å²) in [6.07, 6.45) is 1.29. The molecule has 1 N–H and O–H groups in total. The van der Waals surface area contributed by atoms with Gasteiger partial charge in [0.05, 0.1) is 19.3 Å². The second kappa shape index (κ2) is 8.70. The molecule has 1 atom stereocenters. The molecule has 0 fully saturated rings. The van der Waals surface area contributed by atoms with Crippen molar-refractivity contribution in [3.63, 3.8) is 0 Å². The van der Waals surface area contributed by atoms with E-state index in [2.05, 4.69) is 22.8 Å². The normalized spacial score (nSPS) is 12.9. The van der Waals surface area contributed by atoms with E-state index in [1.54, 1.807) is 7.11 Å². The lowest BCUT2D eigenvalue weighted by Gasteiger charge is -2.11. The van der Waals surface area contributed by atoms with Crippen molar-refractivity contribution in [2.75, 3.05) is 33.4 Å². The van der Waals surface area contributed by atoms with Gasteiger partial charge in [-0.05, 0) is 24.8 Å². The van der Waals surface area contributed by atoms with E-state index >= 15 is 0 Å². The third-order valence-corrected chi connectivity index (χ3v) is 3.15. The molecule has 0 aliphatic carbocycles. The zero-order chi connectivity index (χ0) is 11.6. The van der Waals surface area contributed by atoms with Gasteiger partial charge in [0.25, 0.3) is 0 Å². The van der Waals surface area contributed by atoms with Gasteiger partial charge in [-0.2, -0.15) is 0 Å². The molecule has 4 heteroatoms. The zero-order valence-electron chi connectivity index (χ0n) is 10.1. The van der Waals surface area contributed by atoms with E-state index in [-0.39, 0.29) is 6.10 Å². The van der Waals surface area contributed by atoms with Gasteiger partial charge < -0.3 is 14.8 Å². The number of methoxy groups -OCH3 is 1. The lowest BCUT2D eigenvalue weighted by Crippen LogP contribution is -2.25. The largest absolute Gasteiger partial charge is 0.382 e. The second-order valence-electron chi connectivity index (χ2n) is 3.72. The summed E-state index contributed by atoms with van der Waals surface area (Å²) in [5, 5.41) is 5.48. The Balaban J connectivity index is 1.88. The number of hydrogen-bond donors (Lipinski definition) is 1. The molecule has 0 aliphatic heterocycles. The summed E-state index contributed by atoms with van der Waals surface area (Å²) < 4.78 is 10.5. The number of thiophene rings is 1. The molecule has 1 aromatic rings. The third-order valence-electron chi connectivity index (χ3n) is 2.21. The van der Waals surface area contributed by atoms with Crippen LogP contribution in [0.25, 0.3) is 0 Å². The quantitative estimate of drug-likeness (QED) is 0.672. The summed E-state index contributed by atoms with van der Waals surface area (Å²) in [5.41, 5.74) is 0. The molecule has 1 heterocycles. The first-order valence-corrected chi connectivity index (χ1v) is 6.54. The smallest absolute Gasteiger partial charge is 0.0780 e. The Hall–Kier alpha value is -0.420. The summed E-state index contributed by atoms with van der Waals surface area (Å²) in [4.78, 5) is 1.43. The van der Waals surface area contributed by atoms with Crippen LogP contribution in [0.1, 0.15) is 11.8 Å². The Morgan fingerprint density at radius 1 is 1.44 bits per heavy atom. The summed E-state index contributed by atoms with van der Waals surface area (Å²) in [5.74, 6) is 0. The molecule has 0 aliphatic rings. The predicted octanol–water partition coefficient (Wildman–Crippen LogP) is 1.93. The monoisotopic (exact) mass is 243 g/mol. The molecule has 0 spiro atoms. The van der Waals surface area contributed by atoms with E-state index in [1.807, 2.05) is 18.3 Å². The highest BCUT2D eigenvalue weighted by Gasteiger charge is 1.99. The van der Waals surface area contributed by atoms with Crippen LogP contribution in [-0.2, 0) is 15.9 Å². The molecule has 0 bridgehead atoms. The predicted molar refractivity (Wildman–Crippen MR) is 68.2 cm³/mol. The minimum absolute atomic E-state index is 0.184. The molecular formula is C12H21NO2S. The van der Waals surface area contributed by atoms with Crippen molar-refractivity contribution in [2.24, 2.45) is 0 Å². The Morgan fingerprint density at radius 2 is 2.31 bits per heavy atom. The minimum Gasteiger partial charge on any atom is -0.382 e. The molecule has 1 unspecified atom stereocenters. The minimum atomic E-state index is 0.184. The fraction of sp³-hybridized carbons (Fsp3) is 0.667. The van der Waals surface area contributed by atoms with Gasteiger partial charge in [-0.3, -0.25) is 0 Å². The summed E-state index contributed by atoms with van der Waals surface area (Å²) >= 11 is 1.81. The van der Waals surface area contributed by atoms with Gasteiger partial charge in [-0.1, -0.05) is 6.07 Å². The van der Waals surface area contributed by atoms with Crippen LogP contribution in [0.5, 0.6) is 0 Å². The van der Waals surface area contributed by atoms with Crippen LogP contribution in [0.15, 0.2) is 17.5 Å². The maximum absolute atomic E-state index is 5.53. The molecule has 3 nitrogen and oxygen atoms in total. The Bertz CT molecular complexity index is 252. The van der Waals surface area contributed by atoms with Crippen molar-refractivity contribution >= 4 is 11.3 Å².